The molecule has 8 rings (SSSR count). The highest BCUT2D eigenvalue weighted by Crippen LogP contribution is 2.53. The average Bonchev–Trinajstić information content (AvgIpc) is 3.79. The van der Waals surface area contributed by atoms with Crippen molar-refractivity contribution >= 4 is 33.4 Å². The van der Waals surface area contributed by atoms with E-state index in [1.165, 1.54) is 44.2 Å². The molecule has 3 aromatic carbocycles. The Morgan fingerprint density at radius 3 is 1.80 bits per heavy atom. The molecule has 0 aliphatic heterocycles. The maximum atomic E-state index is 4.80. The number of benzene rings is 3. The molecule has 0 bridgehead atoms. The van der Waals surface area contributed by atoms with Gasteiger partial charge in [-0.3, -0.25) is 19.9 Å². The summed E-state index contributed by atoms with van der Waals surface area (Å²) in [5.41, 5.74) is 15.4. The molecular weight excluding hydrogens is 541 g/mol. The van der Waals surface area contributed by atoms with E-state index in [9.17, 15) is 0 Å². The van der Waals surface area contributed by atoms with E-state index in [2.05, 4.69) is 96.6 Å². The maximum absolute atomic E-state index is 4.80. The first-order chi connectivity index (χ1) is 20.1. The highest BCUT2D eigenvalue weighted by molar-refractivity contribution is 7.13. The minimum absolute atomic E-state index is 0.161. The van der Waals surface area contributed by atoms with Crippen LogP contribution in [0.3, 0.4) is 0 Å². The fourth-order valence-corrected chi connectivity index (χ4v) is 7.29. The molecule has 41 heavy (non-hydrogen) atoms. The molecule has 196 valence electrons. The third kappa shape index (κ3) is 3.86. The largest absolute Gasteiger partial charge is 0.255 e. The second-order valence-corrected chi connectivity index (χ2v) is 12.6. The molecule has 0 atom stereocenters. The first-order valence-corrected chi connectivity index (χ1v) is 15.3. The molecule has 7 aromatic rings. The normalized spacial score (nSPS) is 13.3. The van der Waals surface area contributed by atoms with Crippen LogP contribution in [0.25, 0.3) is 65.3 Å². The van der Waals surface area contributed by atoms with E-state index in [4.69, 9.17) is 9.97 Å². The Labute approximate surface area is 246 Å². The Morgan fingerprint density at radius 1 is 0.561 bits per heavy atom. The molecule has 0 N–H and O–H groups in total. The molecule has 0 unspecified atom stereocenters. The van der Waals surface area contributed by atoms with Crippen LogP contribution in [0.1, 0.15) is 25.0 Å². The van der Waals surface area contributed by atoms with Gasteiger partial charge in [0.25, 0.3) is 0 Å². The van der Waals surface area contributed by atoms with Gasteiger partial charge in [0.1, 0.15) is 0 Å². The van der Waals surface area contributed by atoms with Crippen molar-refractivity contribution in [1.82, 2.24) is 19.9 Å². The second-order valence-electron chi connectivity index (χ2n) is 10.9. The molecule has 4 nitrogen and oxygen atoms in total. The van der Waals surface area contributed by atoms with Crippen LogP contribution in [0.2, 0.25) is 0 Å². The molecule has 0 saturated carbocycles. The molecular formula is C35H24N4S2. The van der Waals surface area contributed by atoms with Gasteiger partial charge in [-0.2, -0.15) is 0 Å². The lowest BCUT2D eigenvalue weighted by Gasteiger charge is -2.23. The maximum Gasteiger partial charge on any atom is 0.0818 e. The van der Waals surface area contributed by atoms with E-state index < -0.39 is 0 Å². The van der Waals surface area contributed by atoms with Crippen LogP contribution in [-0.4, -0.2) is 19.9 Å². The minimum atomic E-state index is -0.161. The molecule has 4 aromatic heterocycles. The number of pyridine rings is 2. The second kappa shape index (κ2) is 9.26. The van der Waals surface area contributed by atoms with Gasteiger partial charge < -0.3 is 0 Å². The Bertz CT molecular complexity index is 2040. The van der Waals surface area contributed by atoms with Gasteiger partial charge in [-0.15, -0.1) is 22.7 Å². The third-order valence-electron chi connectivity index (χ3n) is 8.22. The summed E-state index contributed by atoms with van der Waals surface area (Å²) in [7, 11) is 0. The smallest absolute Gasteiger partial charge is 0.0818 e. The fourth-order valence-electron chi connectivity index (χ4n) is 6.10. The lowest BCUT2D eigenvalue weighted by atomic mass is 9.80. The molecule has 1 aliphatic carbocycles. The number of aromatic nitrogens is 4. The van der Waals surface area contributed by atoms with Gasteiger partial charge in [-0.25, -0.2) is 0 Å². The van der Waals surface area contributed by atoms with Crippen molar-refractivity contribution in [3.8, 4) is 54.5 Å². The summed E-state index contributed by atoms with van der Waals surface area (Å²) in [4.78, 5) is 20.1. The van der Waals surface area contributed by atoms with Crippen molar-refractivity contribution in [2.75, 3.05) is 0 Å². The zero-order valence-corrected chi connectivity index (χ0v) is 24.1. The van der Waals surface area contributed by atoms with Crippen molar-refractivity contribution in [3.05, 3.63) is 120 Å². The van der Waals surface area contributed by atoms with E-state index in [0.717, 1.165) is 32.3 Å². The Kier molecular flexibility index (Phi) is 5.49. The van der Waals surface area contributed by atoms with Gasteiger partial charge in [-0.05, 0) is 68.4 Å². The predicted molar refractivity (Wildman–Crippen MR) is 170 cm³/mol. The first-order valence-electron chi connectivity index (χ1n) is 13.5. The Morgan fingerprint density at radius 2 is 1.20 bits per heavy atom. The molecule has 1 aliphatic rings. The van der Waals surface area contributed by atoms with Crippen LogP contribution >= 0.6 is 22.7 Å². The highest BCUT2D eigenvalue weighted by atomic mass is 32.1. The van der Waals surface area contributed by atoms with Crippen molar-refractivity contribution in [2.24, 2.45) is 0 Å². The molecule has 0 radical (unpaired) electrons. The van der Waals surface area contributed by atoms with Crippen molar-refractivity contribution < 1.29 is 0 Å². The summed E-state index contributed by atoms with van der Waals surface area (Å²) in [6, 6.07) is 26.6. The average molecular weight is 565 g/mol. The van der Waals surface area contributed by atoms with Crippen molar-refractivity contribution in [1.29, 1.82) is 0 Å². The molecule has 0 spiro atoms. The van der Waals surface area contributed by atoms with Gasteiger partial charge in [0.05, 0.1) is 32.2 Å². The van der Waals surface area contributed by atoms with Gasteiger partial charge >= 0.3 is 0 Å². The standard InChI is InChI=1S/C35H24N4S2/c1-35(2)28-13-21(22-8-11-30(38-15-22)32-17-36-19-40-32)7-10-26(28)34-25-6-4-3-5-24(25)27(14-29(34)35)23-9-12-31(39-16-23)33-18-37-20-41-33/h3-20H,1-2H3. The number of thiazole rings is 2. The Balaban J connectivity index is 1.24. The Hall–Kier alpha value is -4.52. The number of rotatable bonds is 4. The van der Waals surface area contributed by atoms with Crippen LogP contribution in [0.4, 0.5) is 0 Å². The summed E-state index contributed by atoms with van der Waals surface area (Å²) >= 11 is 3.22. The molecule has 6 heteroatoms. The summed E-state index contributed by atoms with van der Waals surface area (Å²) in [6.45, 7) is 4.69. The minimum Gasteiger partial charge on any atom is -0.255 e. The van der Waals surface area contributed by atoms with Crippen LogP contribution in [0.5, 0.6) is 0 Å². The zero-order chi connectivity index (χ0) is 27.6. The monoisotopic (exact) mass is 564 g/mol. The van der Waals surface area contributed by atoms with Crippen LogP contribution in [-0.2, 0) is 5.41 Å². The van der Waals surface area contributed by atoms with Crippen LogP contribution < -0.4 is 0 Å². The molecule has 0 fully saturated rings. The van der Waals surface area contributed by atoms with Gasteiger partial charge in [0, 0.05) is 41.3 Å². The molecule has 0 saturated heterocycles. The first kappa shape index (κ1) is 24.3. The van der Waals surface area contributed by atoms with E-state index in [1.807, 2.05) is 35.8 Å². The third-order valence-corrected chi connectivity index (χ3v) is 9.81. The lowest BCUT2D eigenvalue weighted by molar-refractivity contribution is 0.661. The molecule has 0 amide bonds. The fraction of sp³-hybridized carbons (Fsp3) is 0.0857. The topological polar surface area (TPSA) is 51.6 Å². The van der Waals surface area contributed by atoms with E-state index >= 15 is 0 Å². The highest BCUT2D eigenvalue weighted by Gasteiger charge is 2.37. The number of hydrogen-bond acceptors (Lipinski definition) is 6. The quantitative estimate of drug-likeness (QED) is 0.214. The van der Waals surface area contributed by atoms with Crippen molar-refractivity contribution in [3.63, 3.8) is 0 Å². The number of fused-ring (bicyclic) bond motifs is 5. The summed E-state index contributed by atoms with van der Waals surface area (Å²) in [5.74, 6) is 0. The lowest BCUT2D eigenvalue weighted by Crippen LogP contribution is -2.15. The van der Waals surface area contributed by atoms with Gasteiger partial charge in [-0.1, -0.05) is 62.4 Å². The van der Waals surface area contributed by atoms with Crippen LogP contribution in [0, 0.1) is 0 Å². The van der Waals surface area contributed by atoms with Crippen LogP contribution in [0.15, 0.2) is 109 Å². The zero-order valence-electron chi connectivity index (χ0n) is 22.5. The SMILES string of the molecule is CC1(C)c2cc(-c3ccc(-c4cncs4)nc3)ccc2-c2c1cc(-c1ccc(-c3cncs3)nc1)c1ccccc21. The molecule has 4 heterocycles. The summed E-state index contributed by atoms with van der Waals surface area (Å²) in [5, 5.41) is 2.52. The van der Waals surface area contributed by atoms with Gasteiger partial charge in [0.15, 0.2) is 0 Å². The number of nitrogens with zero attached hydrogens (tertiary/aromatic N) is 4. The summed E-state index contributed by atoms with van der Waals surface area (Å²) in [6.07, 6.45) is 7.71. The van der Waals surface area contributed by atoms with E-state index in [1.54, 1.807) is 22.7 Å². The predicted octanol–water partition coefficient (Wildman–Crippen LogP) is 9.52. The van der Waals surface area contributed by atoms with E-state index in [0.29, 0.717) is 0 Å². The summed E-state index contributed by atoms with van der Waals surface area (Å²) < 4.78 is 0. The number of hydrogen-bond donors (Lipinski definition) is 0. The van der Waals surface area contributed by atoms with Crippen molar-refractivity contribution in [2.45, 2.75) is 19.3 Å². The van der Waals surface area contributed by atoms with Gasteiger partial charge in [0.2, 0.25) is 0 Å². The van der Waals surface area contributed by atoms with E-state index in [-0.39, 0.29) is 5.41 Å².